The van der Waals surface area contributed by atoms with E-state index >= 15 is 0 Å². The summed E-state index contributed by atoms with van der Waals surface area (Å²) in [5, 5.41) is 3.32. The van der Waals surface area contributed by atoms with Crippen molar-refractivity contribution >= 4 is 38.9 Å². The van der Waals surface area contributed by atoms with Gasteiger partial charge < -0.3 is 5.32 Å². The molecule has 1 amide bonds. The fourth-order valence-corrected chi connectivity index (χ4v) is 3.71. The summed E-state index contributed by atoms with van der Waals surface area (Å²) >= 11 is 5.83. The zero-order valence-electron chi connectivity index (χ0n) is 15.5. The van der Waals surface area contributed by atoms with E-state index in [9.17, 15) is 17.6 Å². The maximum absolute atomic E-state index is 14.1. The molecule has 0 aliphatic carbocycles. The monoisotopic (exact) mass is 432 g/mol. The first-order valence-electron chi connectivity index (χ1n) is 8.62. The molecular formula is C21H18ClFN2O3S. The molecule has 150 valence electrons. The predicted octanol–water partition coefficient (Wildman–Crippen LogP) is 4.70. The maximum atomic E-state index is 14.1. The minimum atomic E-state index is -3.71. The molecule has 0 aromatic heterocycles. The lowest BCUT2D eigenvalue weighted by Gasteiger charge is -2.23. The van der Waals surface area contributed by atoms with Crippen LogP contribution >= 0.6 is 11.6 Å². The van der Waals surface area contributed by atoms with Crippen LogP contribution < -0.4 is 9.62 Å². The van der Waals surface area contributed by atoms with E-state index in [-0.39, 0.29) is 18.1 Å². The van der Waals surface area contributed by atoms with Crippen molar-refractivity contribution in [3.63, 3.8) is 0 Å². The highest BCUT2D eigenvalue weighted by molar-refractivity contribution is 7.92. The Morgan fingerprint density at radius 3 is 2.21 bits per heavy atom. The van der Waals surface area contributed by atoms with E-state index in [0.717, 1.165) is 10.6 Å². The Kier molecular flexibility index (Phi) is 6.20. The fourth-order valence-electron chi connectivity index (χ4n) is 2.70. The number of nitrogens with one attached hydrogen (secondary N) is 1. The van der Waals surface area contributed by atoms with Crippen LogP contribution in [0.15, 0.2) is 72.8 Å². The molecule has 0 heterocycles. The number of hydrogen-bond acceptors (Lipinski definition) is 3. The first kappa shape index (κ1) is 20.8. The van der Waals surface area contributed by atoms with Crippen LogP contribution in [-0.2, 0) is 16.6 Å². The average molecular weight is 433 g/mol. The first-order valence-corrected chi connectivity index (χ1v) is 10.8. The van der Waals surface area contributed by atoms with Gasteiger partial charge in [-0.15, -0.1) is 0 Å². The van der Waals surface area contributed by atoms with Gasteiger partial charge in [0.25, 0.3) is 5.91 Å². The number of amides is 1. The molecule has 0 fully saturated rings. The van der Waals surface area contributed by atoms with Crippen molar-refractivity contribution in [1.82, 2.24) is 0 Å². The highest BCUT2D eigenvalue weighted by Gasteiger charge is 2.21. The normalized spacial score (nSPS) is 11.1. The summed E-state index contributed by atoms with van der Waals surface area (Å²) in [5.74, 6) is -0.940. The second-order valence-corrected chi connectivity index (χ2v) is 8.72. The third-order valence-electron chi connectivity index (χ3n) is 4.17. The average Bonchev–Trinajstić information content (AvgIpc) is 2.68. The molecule has 5 nitrogen and oxygen atoms in total. The zero-order valence-corrected chi connectivity index (χ0v) is 17.0. The Morgan fingerprint density at radius 2 is 1.62 bits per heavy atom. The highest BCUT2D eigenvalue weighted by Crippen LogP contribution is 2.24. The summed E-state index contributed by atoms with van der Waals surface area (Å²) in [7, 11) is -3.71. The van der Waals surface area contributed by atoms with Crippen molar-refractivity contribution in [3.05, 3.63) is 94.8 Å². The molecule has 3 aromatic rings. The van der Waals surface area contributed by atoms with Crippen LogP contribution in [0.3, 0.4) is 0 Å². The SMILES string of the molecule is CS(=O)(=O)N(Cc1ccc(C(=O)Nc2ccc(Cl)cc2)cc1)c1ccccc1F. The fraction of sp³-hybridized carbons (Fsp3) is 0.0952. The molecular weight excluding hydrogens is 415 g/mol. The lowest BCUT2D eigenvalue weighted by Crippen LogP contribution is -2.30. The Hall–Kier alpha value is -2.90. The molecule has 0 saturated heterocycles. The number of hydrogen-bond donors (Lipinski definition) is 1. The molecule has 1 N–H and O–H groups in total. The number of anilines is 2. The molecule has 0 aliphatic heterocycles. The Labute approximate surface area is 173 Å². The van der Waals surface area contributed by atoms with Gasteiger partial charge in [-0.25, -0.2) is 12.8 Å². The summed E-state index contributed by atoms with van der Waals surface area (Å²) in [6.45, 7) is -0.0567. The zero-order chi connectivity index (χ0) is 21.0. The molecule has 29 heavy (non-hydrogen) atoms. The standard InChI is InChI=1S/C21H18ClFN2O3S/c1-29(27,28)25(20-5-3-2-4-19(20)23)14-15-6-8-16(9-7-15)21(26)24-18-12-10-17(22)11-13-18/h2-13H,14H2,1H3,(H,24,26). The van der Waals surface area contributed by atoms with E-state index in [1.807, 2.05) is 0 Å². The van der Waals surface area contributed by atoms with E-state index in [4.69, 9.17) is 11.6 Å². The minimum Gasteiger partial charge on any atom is -0.322 e. The van der Waals surface area contributed by atoms with Crippen molar-refractivity contribution in [2.24, 2.45) is 0 Å². The lowest BCUT2D eigenvalue weighted by atomic mass is 10.1. The number of carbonyl (C=O) groups is 1. The van der Waals surface area contributed by atoms with Crippen molar-refractivity contribution in [2.45, 2.75) is 6.54 Å². The van der Waals surface area contributed by atoms with E-state index < -0.39 is 15.8 Å². The number of nitrogens with zero attached hydrogens (tertiary/aromatic N) is 1. The number of sulfonamides is 1. The third-order valence-corrected chi connectivity index (χ3v) is 5.54. The molecule has 3 rings (SSSR count). The number of halogens is 2. The Bertz CT molecular complexity index is 1120. The van der Waals surface area contributed by atoms with Crippen LogP contribution in [0.25, 0.3) is 0 Å². The van der Waals surface area contributed by atoms with Gasteiger partial charge >= 0.3 is 0 Å². The Morgan fingerprint density at radius 1 is 1.00 bits per heavy atom. The summed E-state index contributed by atoms with van der Waals surface area (Å²) in [6.07, 6.45) is 1.02. The van der Waals surface area contributed by atoms with Gasteiger partial charge in [0, 0.05) is 16.3 Å². The molecule has 0 radical (unpaired) electrons. The van der Waals surface area contributed by atoms with E-state index in [0.29, 0.717) is 21.8 Å². The van der Waals surface area contributed by atoms with Gasteiger partial charge in [0.2, 0.25) is 10.0 Å². The molecule has 3 aromatic carbocycles. The Balaban J connectivity index is 1.77. The maximum Gasteiger partial charge on any atom is 0.255 e. The van der Waals surface area contributed by atoms with Gasteiger partial charge in [0.05, 0.1) is 18.5 Å². The number of para-hydroxylation sites is 1. The van der Waals surface area contributed by atoms with Gasteiger partial charge in [-0.05, 0) is 54.1 Å². The van der Waals surface area contributed by atoms with E-state index in [2.05, 4.69) is 5.32 Å². The van der Waals surface area contributed by atoms with Crippen LogP contribution in [0.1, 0.15) is 15.9 Å². The minimum absolute atomic E-state index is 0.0282. The highest BCUT2D eigenvalue weighted by atomic mass is 35.5. The van der Waals surface area contributed by atoms with Crippen LogP contribution in [0.5, 0.6) is 0 Å². The lowest BCUT2D eigenvalue weighted by molar-refractivity contribution is 0.102. The summed E-state index contributed by atoms with van der Waals surface area (Å²) in [5.41, 5.74) is 1.59. The summed E-state index contributed by atoms with van der Waals surface area (Å²) < 4.78 is 39.5. The van der Waals surface area contributed by atoms with Crippen LogP contribution in [-0.4, -0.2) is 20.6 Å². The molecule has 0 atom stereocenters. The molecule has 0 aliphatic rings. The van der Waals surface area contributed by atoms with E-state index in [1.54, 1.807) is 54.6 Å². The topological polar surface area (TPSA) is 66.5 Å². The van der Waals surface area contributed by atoms with Crippen LogP contribution in [0.4, 0.5) is 15.8 Å². The number of benzene rings is 3. The van der Waals surface area contributed by atoms with Crippen LogP contribution in [0.2, 0.25) is 5.02 Å². The molecule has 0 unspecified atom stereocenters. The molecule has 0 bridgehead atoms. The summed E-state index contributed by atoms with van der Waals surface area (Å²) in [4.78, 5) is 12.4. The molecule has 0 saturated carbocycles. The summed E-state index contributed by atoms with van der Waals surface area (Å²) in [6, 6.07) is 18.8. The van der Waals surface area contributed by atoms with Crippen molar-refractivity contribution in [2.75, 3.05) is 15.9 Å². The smallest absolute Gasteiger partial charge is 0.255 e. The van der Waals surface area contributed by atoms with Crippen LogP contribution in [0, 0.1) is 5.82 Å². The van der Waals surface area contributed by atoms with Gasteiger partial charge in [-0.3, -0.25) is 9.10 Å². The van der Waals surface area contributed by atoms with Gasteiger partial charge in [-0.1, -0.05) is 35.9 Å². The quantitative estimate of drug-likeness (QED) is 0.614. The van der Waals surface area contributed by atoms with Crippen molar-refractivity contribution in [1.29, 1.82) is 0 Å². The first-order chi connectivity index (χ1) is 13.7. The predicted molar refractivity (Wildman–Crippen MR) is 113 cm³/mol. The van der Waals surface area contributed by atoms with Crippen molar-refractivity contribution in [3.8, 4) is 0 Å². The molecule has 0 spiro atoms. The number of carbonyl (C=O) groups excluding carboxylic acids is 1. The van der Waals surface area contributed by atoms with Gasteiger partial charge in [-0.2, -0.15) is 0 Å². The van der Waals surface area contributed by atoms with Gasteiger partial charge in [0.1, 0.15) is 5.82 Å². The van der Waals surface area contributed by atoms with Gasteiger partial charge in [0.15, 0.2) is 0 Å². The second-order valence-electron chi connectivity index (χ2n) is 6.38. The number of rotatable bonds is 6. The van der Waals surface area contributed by atoms with E-state index in [1.165, 1.54) is 18.2 Å². The third kappa shape index (κ3) is 5.34. The second kappa shape index (κ2) is 8.63. The molecule has 8 heteroatoms. The largest absolute Gasteiger partial charge is 0.322 e. The van der Waals surface area contributed by atoms with Crippen molar-refractivity contribution < 1.29 is 17.6 Å².